The third-order valence-corrected chi connectivity index (χ3v) is 14.3. The first-order valence-corrected chi connectivity index (χ1v) is 30.2. The van der Waals surface area contributed by atoms with Crippen LogP contribution >= 0.6 is 0 Å². The largest absolute Gasteiger partial charge is 0.394 e. The summed E-state index contributed by atoms with van der Waals surface area (Å²) in [5.41, 5.74) is 36.1. The van der Waals surface area contributed by atoms with Gasteiger partial charge in [0.1, 0.15) is 53.0 Å². The molecule has 8 unspecified atom stereocenters. The summed E-state index contributed by atoms with van der Waals surface area (Å²) in [6.07, 6.45) is 8.62. The summed E-state index contributed by atoms with van der Waals surface area (Å²) in [6.45, 7) is 15.1. The van der Waals surface area contributed by atoms with Crippen LogP contribution in [0.2, 0.25) is 0 Å². The van der Waals surface area contributed by atoms with E-state index in [4.69, 9.17) is 40.1 Å². The Hall–Kier alpha value is -7.69. The molecule has 0 aromatic carbocycles. The minimum Gasteiger partial charge on any atom is -0.394 e. The predicted molar refractivity (Wildman–Crippen MR) is 332 cm³/mol. The molecule has 0 aliphatic carbocycles. The highest BCUT2D eigenvalue weighted by Crippen LogP contribution is 2.22. The Bertz CT molecular complexity index is 2440. The number of hydrogen-bond donors (Lipinski definition) is 16. The van der Waals surface area contributed by atoms with Gasteiger partial charge >= 0.3 is 0 Å². The van der Waals surface area contributed by atoms with Crippen LogP contribution < -0.4 is 82.7 Å². The topological polar surface area (TPSA) is 507 Å². The van der Waals surface area contributed by atoms with Gasteiger partial charge in [0.2, 0.25) is 53.2 Å². The second-order valence-electron chi connectivity index (χ2n) is 24.0. The van der Waals surface area contributed by atoms with Crippen LogP contribution in [0.15, 0.2) is 34.4 Å². The zero-order chi connectivity index (χ0) is 66.0. The van der Waals surface area contributed by atoms with Gasteiger partial charge in [0.25, 0.3) is 5.91 Å². The lowest BCUT2D eigenvalue weighted by atomic mass is 9.90. The lowest BCUT2D eigenvalue weighted by Crippen LogP contribution is -2.64. The fraction of sp³-hybridized carbons (Fsp3) is 0.707. The molecule has 0 saturated carbocycles. The van der Waals surface area contributed by atoms with Gasteiger partial charge in [0.05, 0.1) is 12.6 Å². The highest BCUT2D eigenvalue weighted by atomic mass is 16.3. The molecular formula is C58H104N18O11. The SMILES string of the molecule is CC(C)CC(NC(=O)C(N)CCCN=C(N)N)C(=O)NC(CC(C)C)C(=O)NC(C)(CCCCCCCCCC[C@](C)(NC(=O)C(CO)NC(=O)C(C)NC(=O)c1ccccn1)C(=O)NC(CC(C)C)C(=O)NC(CCCN=C(N)N)C(N)=O)C(N)=O. The van der Waals surface area contributed by atoms with Crippen molar-refractivity contribution in [2.75, 3.05) is 19.7 Å². The number of aliphatic hydroxyl groups is 1. The second kappa shape index (κ2) is 39.9. The van der Waals surface area contributed by atoms with Crippen LogP contribution in [0.4, 0.5) is 0 Å². The van der Waals surface area contributed by atoms with Crippen LogP contribution in [0.5, 0.6) is 0 Å². The van der Waals surface area contributed by atoms with Gasteiger partial charge in [-0.3, -0.25) is 62.9 Å². The van der Waals surface area contributed by atoms with E-state index in [1.165, 1.54) is 26.1 Å². The summed E-state index contributed by atoms with van der Waals surface area (Å²) in [6, 6.07) is -3.41. The number of rotatable bonds is 44. The summed E-state index contributed by atoms with van der Waals surface area (Å²) in [5.74, 6) is -7.59. The highest BCUT2D eigenvalue weighted by molar-refractivity contribution is 6.00. The molecule has 0 aliphatic rings. The number of nitrogens with one attached hydrogen (secondary N) is 8. The van der Waals surface area contributed by atoms with Crippen molar-refractivity contribution in [3.8, 4) is 0 Å². The molecule has 1 aromatic heterocycles. The van der Waals surface area contributed by atoms with E-state index >= 15 is 0 Å². The van der Waals surface area contributed by atoms with Crippen LogP contribution in [0, 0.1) is 17.8 Å². The molecule has 87 heavy (non-hydrogen) atoms. The molecule has 0 fully saturated rings. The lowest BCUT2D eigenvalue weighted by molar-refractivity contribution is -0.138. The second-order valence-corrected chi connectivity index (χ2v) is 24.0. The number of pyridine rings is 1. The van der Waals surface area contributed by atoms with Gasteiger partial charge in [-0.25, -0.2) is 0 Å². The monoisotopic (exact) mass is 1230 g/mol. The number of primary amides is 2. The molecule has 1 aromatic rings. The van der Waals surface area contributed by atoms with E-state index in [-0.39, 0.29) is 93.4 Å². The van der Waals surface area contributed by atoms with Crippen LogP contribution in [0.1, 0.15) is 182 Å². The number of nitrogens with two attached hydrogens (primary N) is 7. The van der Waals surface area contributed by atoms with Gasteiger partial charge in [-0.1, -0.05) is 99.0 Å². The predicted octanol–water partition coefficient (Wildman–Crippen LogP) is -1.19. The van der Waals surface area contributed by atoms with Crippen molar-refractivity contribution in [1.82, 2.24) is 47.5 Å². The number of aromatic nitrogens is 1. The number of carbonyl (C=O) groups excluding carboxylic acids is 10. The van der Waals surface area contributed by atoms with Crippen LogP contribution in [0.25, 0.3) is 0 Å². The van der Waals surface area contributed by atoms with Crippen LogP contribution in [0.3, 0.4) is 0 Å². The van der Waals surface area contributed by atoms with Gasteiger partial charge in [-0.2, -0.15) is 0 Å². The number of unbranched alkanes of at least 4 members (excludes halogenated alkanes) is 7. The van der Waals surface area contributed by atoms with E-state index in [0.717, 1.165) is 19.3 Å². The zero-order valence-corrected chi connectivity index (χ0v) is 52.6. The average molecular weight is 1230 g/mol. The summed E-state index contributed by atoms with van der Waals surface area (Å²) < 4.78 is 0. The Morgan fingerprint density at radius 1 is 0.506 bits per heavy atom. The number of aliphatic imine (C=N–C) groups is 2. The van der Waals surface area contributed by atoms with E-state index in [9.17, 15) is 53.1 Å². The number of hydrogen-bond acceptors (Lipinski definition) is 15. The maximum absolute atomic E-state index is 14.5. The third-order valence-electron chi connectivity index (χ3n) is 14.3. The molecule has 0 bridgehead atoms. The number of aliphatic hydroxyl groups excluding tert-OH is 1. The fourth-order valence-corrected chi connectivity index (χ4v) is 9.23. The van der Waals surface area contributed by atoms with Crippen molar-refractivity contribution >= 4 is 71.0 Å². The van der Waals surface area contributed by atoms with Crippen LogP contribution in [-0.2, 0) is 43.2 Å². The molecule has 1 rings (SSSR count). The zero-order valence-electron chi connectivity index (χ0n) is 52.6. The van der Waals surface area contributed by atoms with Crippen LogP contribution in [-0.4, -0.2) is 154 Å². The van der Waals surface area contributed by atoms with Crippen molar-refractivity contribution < 1.29 is 53.1 Å². The van der Waals surface area contributed by atoms with E-state index in [1.54, 1.807) is 19.1 Å². The van der Waals surface area contributed by atoms with E-state index in [1.807, 2.05) is 41.5 Å². The number of carbonyl (C=O) groups is 10. The van der Waals surface area contributed by atoms with Gasteiger partial charge in [-0.05, 0) is 108 Å². The molecule has 29 nitrogen and oxygen atoms in total. The van der Waals surface area contributed by atoms with E-state index in [0.29, 0.717) is 44.9 Å². The first kappa shape index (κ1) is 77.3. The molecule has 1 heterocycles. The summed E-state index contributed by atoms with van der Waals surface area (Å²) in [5, 5.41) is 31.7. The Kier molecular flexibility index (Phi) is 35.5. The number of amides is 10. The maximum Gasteiger partial charge on any atom is 0.270 e. The fourth-order valence-electron chi connectivity index (χ4n) is 9.23. The minimum atomic E-state index is -1.73. The summed E-state index contributed by atoms with van der Waals surface area (Å²) in [4.78, 5) is 146. The Morgan fingerprint density at radius 3 is 1.39 bits per heavy atom. The van der Waals surface area contributed by atoms with Gasteiger partial charge < -0.3 is 87.8 Å². The normalized spacial score (nSPS) is 15.1. The Morgan fingerprint density at radius 2 is 0.931 bits per heavy atom. The Balaban J connectivity index is 3.13. The molecule has 492 valence electrons. The van der Waals surface area contributed by atoms with Crippen molar-refractivity contribution in [2.45, 2.75) is 225 Å². The molecule has 0 radical (unpaired) electrons. The third kappa shape index (κ3) is 31.0. The highest BCUT2D eigenvalue weighted by Gasteiger charge is 2.40. The smallest absolute Gasteiger partial charge is 0.270 e. The number of nitrogens with zero attached hydrogens (tertiary/aromatic N) is 3. The van der Waals surface area contributed by atoms with Crippen molar-refractivity contribution in [2.24, 2.45) is 67.9 Å². The standard InChI is InChI=1S/C58H104N18O11/c1-34(2)30-41(71-47(80)38(59)22-20-28-67-55(62)63)49(82)72-43(32-36(5)6)51(84)75-57(8,53(61)86)25-17-14-12-10-11-13-15-18-26-58(9,76-52(85)44(33-77)73-46(79)37(7)69-48(81)40-23-16-19-27-66-40)54(87)74-42(31-35(3)4)50(83)70-39(45(60)78)24-21-29-68-56(64)65/h16,19,23,27,34-39,41-44,77H,10-15,17-18,20-22,24-26,28-33,59H2,1-9H3,(H2,60,78)(H2,61,86)(H,69,81)(H,70,83)(H,71,80)(H,72,82)(H,73,79)(H,74,87)(H,75,84)(H,76,85)(H4,62,63,67)(H4,64,65,68)/t37?,38?,39?,41?,42?,43?,44?,57?,58-/m0/s1. The quantitative estimate of drug-likeness (QED) is 0.0208. The van der Waals surface area contributed by atoms with E-state index in [2.05, 4.69) is 57.5 Å². The molecular weight excluding hydrogens is 1120 g/mol. The lowest BCUT2D eigenvalue weighted by Gasteiger charge is -2.33. The summed E-state index contributed by atoms with van der Waals surface area (Å²) in [7, 11) is 0. The molecule has 9 atom stereocenters. The average Bonchev–Trinajstić information content (AvgIpc) is 2.89. The molecule has 0 saturated heterocycles. The maximum atomic E-state index is 14.5. The molecule has 23 N–H and O–H groups in total. The van der Waals surface area contributed by atoms with Gasteiger partial charge in [-0.15, -0.1) is 0 Å². The molecule has 29 heteroatoms. The summed E-state index contributed by atoms with van der Waals surface area (Å²) >= 11 is 0. The van der Waals surface area contributed by atoms with Crippen molar-refractivity contribution in [1.29, 1.82) is 0 Å². The van der Waals surface area contributed by atoms with Crippen molar-refractivity contribution in [3.05, 3.63) is 30.1 Å². The number of guanidine groups is 2. The minimum absolute atomic E-state index is 0.0152. The molecule has 10 amide bonds. The van der Waals surface area contributed by atoms with Crippen molar-refractivity contribution in [3.63, 3.8) is 0 Å². The first-order chi connectivity index (χ1) is 40.7. The van der Waals surface area contributed by atoms with Gasteiger partial charge in [0.15, 0.2) is 11.9 Å². The van der Waals surface area contributed by atoms with E-state index < -0.39 is 119 Å². The molecule has 0 aliphatic heterocycles. The van der Waals surface area contributed by atoms with Gasteiger partial charge in [0, 0.05) is 19.3 Å². The molecule has 0 spiro atoms. The Labute approximate surface area is 512 Å². The first-order valence-electron chi connectivity index (χ1n) is 30.2.